The van der Waals surface area contributed by atoms with Crippen molar-refractivity contribution in [2.24, 2.45) is 17.8 Å². The van der Waals surface area contributed by atoms with Crippen LogP contribution in [0.5, 0.6) is 0 Å². The van der Waals surface area contributed by atoms with Gasteiger partial charge in [0.25, 0.3) is 5.56 Å². The highest BCUT2D eigenvalue weighted by Gasteiger charge is 2.42. The molecule has 172 valence electrons. The van der Waals surface area contributed by atoms with E-state index >= 15 is 0 Å². The lowest BCUT2D eigenvalue weighted by molar-refractivity contribution is -0.119. The summed E-state index contributed by atoms with van der Waals surface area (Å²) in [5.74, 6) is 2.48. The highest BCUT2D eigenvalue weighted by atomic mass is 32.2. The first kappa shape index (κ1) is 22.2. The van der Waals surface area contributed by atoms with Gasteiger partial charge in [-0.25, -0.2) is 4.98 Å². The quantitative estimate of drug-likeness (QED) is 0.413. The van der Waals surface area contributed by atoms with Crippen molar-refractivity contribution in [1.82, 2.24) is 14.9 Å². The molecule has 5 rings (SSSR count). The number of thioether (sulfide) groups is 1. The van der Waals surface area contributed by atoms with Gasteiger partial charge < -0.3 is 5.32 Å². The Kier molecular flexibility index (Phi) is 6.04. The molecule has 0 saturated heterocycles. The van der Waals surface area contributed by atoms with E-state index in [2.05, 4.69) is 18.3 Å². The Balaban J connectivity index is 1.40. The molecule has 1 heterocycles. The van der Waals surface area contributed by atoms with Crippen LogP contribution >= 0.6 is 11.8 Å². The zero-order chi connectivity index (χ0) is 23.1. The van der Waals surface area contributed by atoms with Crippen LogP contribution in [0, 0.1) is 31.6 Å². The van der Waals surface area contributed by atoms with E-state index in [1.165, 1.54) is 37.4 Å². The van der Waals surface area contributed by atoms with E-state index in [1.807, 2.05) is 50.2 Å². The normalized spacial score (nSPS) is 22.6. The lowest BCUT2D eigenvalue weighted by Crippen LogP contribution is -2.41. The van der Waals surface area contributed by atoms with Gasteiger partial charge in [0.05, 0.1) is 22.3 Å². The first-order chi connectivity index (χ1) is 15.9. The fraction of sp³-hybridized carbons (Fsp3) is 0.444. The van der Waals surface area contributed by atoms with Crippen molar-refractivity contribution >= 4 is 28.6 Å². The minimum absolute atomic E-state index is 0.00450. The first-order valence-corrected chi connectivity index (χ1v) is 12.9. The predicted octanol–water partition coefficient (Wildman–Crippen LogP) is 5.04. The lowest BCUT2D eigenvalue weighted by Gasteiger charge is -2.28. The Bertz CT molecular complexity index is 1270. The van der Waals surface area contributed by atoms with Crippen LogP contribution in [0.15, 0.2) is 52.4 Å². The van der Waals surface area contributed by atoms with Crippen LogP contribution in [0.25, 0.3) is 16.6 Å². The molecular formula is C27H31N3O2S. The molecule has 1 N–H and O–H groups in total. The zero-order valence-electron chi connectivity index (χ0n) is 19.5. The van der Waals surface area contributed by atoms with Crippen molar-refractivity contribution in [3.8, 4) is 5.69 Å². The highest BCUT2D eigenvalue weighted by Crippen LogP contribution is 2.49. The van der Waals surface area contributed by atoms with Crippen LogP contribution in [-0.4, -0.2) is 27.3 Å². The standard InChI is InChI=1S/C27H31N3O2S/c1-16-8-11-24(17(2)12-16)30-26(32)21-6-4-5-7-23(21)29-27(30)33-15-25(31)28-18(3)22-14-19-9-10-20(22)13-19/h4-8,11-12,18-20,22H,9-10,13-15H2,1-3H3,(H,28,31). The van der Waals surface area contributed by atoms with Gasteiger partial charge in [0, 0.05) is 6.04 Å². The topological polar surface area (TPSA) is 64.0 Å². The van der Waals surface area contributed by atoms with E-state index < -0.39 is 0 Å². The third-order valence-electron chi connectivity index (χ3n) is 7.49. The Hall–Kier alpha value is -2.60. The number of hydrogen-bond acceptors (Lipinski definition) is 4. The number of aryl methyl sites for hydroxylation is 2. The van der Waals surface area contributed by atoms with Gasteiger partial charge in [-0.2, -0.15) is 0 Å². The summed E-state index contributed by atoms with van der Waals surface area (Å²) < 4.78 is 1.66. The van der Waals surface area contributed by atoms with E-state index in [0.717, 1.165) is 28.7 Å². The minimum Gasteiger partial charge on any atom is -0.353 e. The van der Waals surface area contributed by atoms with Crippen molar-refractivity contribution in [1.29, 1.82) is 0 Å². The summed E-state index contributed by atoms with van der Waals surface area (Å²) in [6.45, 7) is 6.19. The number of nitrogens with one attached hydrogen (secondary N) is 1. The Morgan fingerprint density at radius 3 is 2.73 bits per heavy atom. The smallest absolute Gasteiger partial charge is 0.266 e. The maximum absolute atomic E-state index is 13.5. The third-order valence-corrected chi connectivity index (χ3v) is 8.43. The summed E-state index contributed by atoms with van der Waals surface area (Å²) in [4.78, 5) is 31.1. The van der Waals surface area contributed by atoms with Gasteiger partial charge in [-0.15, -0.1) is 0 Å². The van der Waals surface area contributed by atoms with E-state index in [4.69, 9.17) is 4.98 Å². The van der Waals surface area contributed by atoms with Crippen molar-refractivity contribution in [2.45, 2.75) is 57.7 Å². The number of rotatable bonds is 6. The number of carbonyl (C=O) groups excluding carboxylic acids is 1. The van der Waals surface area contributed by atoms with Gasteiger partial charge in [0.2, 0.25) is 5.91 Å². The molecule has 2 bridgehead atoms. The van der Waals surface area contributed by atoms with Crippen LogP contribution < -0.4 is 10.9 Å². The first-order valence-electron chi connectivity index (χ1n) is 11.9. The summed E-state index contributed by atoms with van der Waals surface area (Å²) in [7, 11) is 0. The third kappa shape index (κ3) is 4.33. The van der Waals surface area contributed by atoms with Crippen LogP contribution in [0.2, 0.25) is 0 Å². The monoisotopic (exact) mass is 461 g/mol. The number of hydrogen-bond donors (Lipinski definition) is 1. The number of fused-ring (bicyclic) bond motifs is 3. The van der Waals surface area contributed by atoms with E-state index in [1.54, 1.807) is 4.57 Å². The molecule has 4 unspecified atom stereocenters. The minimum atomic E-state index is -0.106. The molecule has 0 spiro atoms. The number of amides is 1. The van der Waals surface area contributed by atoms with Crippen molar-refractivity contribution in [3.63, 3.8) is 0 Å². The second-order valence-electron chi connectivity index (χ2n) is 9.83. The number of carbonyl (C=O) groups is 1. The molecule has 2 fully saturated rings. The second-order valence-corrected chi connectivity index (χ2v) is 10.8. The van der Waals surface area contributed by atoms with Crippen LogP contribution in [-0.2, 0) is 4.79 Å². The molecule has 4 atom stereocenters. The molecule has 33 heavy (non-hydrogen) atoms. The van der Waals surface area contributed by atoms with Crippen LogP contribution in [0.1, 0.15) is 43.7 Å². The molecule has 3 aromatic rings. The fourth-order valence-electron chi connectivity index (χ4n) is 5.92. The van der Waals surface area contributed by atoms with Crippen molar-refractivity contribution in [2.75, 3.05) is 5.75 Å². The van der Waals surface area contributed by atoms with Crippen molar-refractivity contribution in [3.05, 3.63) is 63.9 Å². The summed E-state index contributed by atoms with van der Waals surface area (Å²) in [6.07, 6.45) is 5.26. The summed E-state index contributed by atoms with van der Waals surface area (Å²) in [5, 5.41) is 4.36. The van der Waals surface area contributed by atoms with Gasteiger partial charge in [-0.3, -0.25) is 14.2 Å². The molecule has 2 aliphatic rings. The Labute approximate surface area is 199 Å². The molecule has 1 aromatic heterocycles. The molecule has 0 radical (unpaired) electrons. The predicted molar refractivity (Wildman–Crippen MR) is 134 cm³/mol. The number of aromatic nitrogens is 2. The highest BCUT2D eigenvalue weighted by molar-refractivity contribution is 7.99. The zero-order valence-corrected chi connectivity index (χ0v) is 20.3. The molecule has 0 aliphatic heterocycles. The molecule has 2 aromatic carbocycles. The molecule has 6 heteroatoms. The second kappa shape index (κ2) is 8.98. The molecule has 2 saturated carbocycles. The average Bonchev–Trinajstić information content (AvgIpc) is 3.43. The fourth-order valence-corrected chi connectivity index (χ4v) is 6.73. The van der Waals surface area contributed by atoms with Crippen LogP contribution in [0.3, 0.4) is 0 Å². The average molecular weight is 462 g/mol. The molecular weight excluding hydrogens is 430 g/mol. The number of benzene rings is 2. The summed E-state index contributed by atoms with van der Waals surface area (Å²) in [6, 6.07) is 13.6. The van der Waals surface area contributed by atoms with Crippen LogP contribution in [0.4, 0.5) is 0 Å². The molecule has 2 aliphatic carbocycles. The van der Waals surface area contributed by atoms with Crippen molar-refractivity contribution < 1.29 is 4.79 Å². The number of para-hydroxylation sites is 1. The van der Waals surface area contributed by atoms with Gasteiger partial charge >= 0.3 is 0 Å². The SMILES string of the molecule is Cc1ccc(-n2c(SCC(=O)NC(C)C3CC4CCC3C4)nc3ccccc3c2=O)c(C)c1. The van der Waals surface area contributed by atoms with E-state index in [9.17, 15) is 9.59 Å². The largest absolute Gasteiger partial charge is 0.353 e. The summed E-state index contributed by atoms with van der Waals surface area (Å²) >= 11 is 1.33. The Morgan fingerprint density at radius 1 is 1.18 bits per heavy atom. The lowest BCUT2D eigenvalue weighted by atomic mass is 9.84. The molecule has 1 amide bonds. The van der Waals surface area contributed by atoms with E-state index in [0.29, 0.717) is 22.0 Å². The number of nitrogens with zero attached hydrogens (tertiary/aromatic N) is 2. The molecule has 5 nitrogen and oxygen atoms in total. The summed E-state index contributed by atoms with van der Waals surface area (Å²) in [5.41, 5.74) is 3.50. The van der Waals surface area contributed by atoms with Gasteiger partial charge in [0.1, 0.15) is 0 Å². The van der Waals surface area contributed by atoms with E-state index in [-0.39, 0.29) is 23.3 Å². The Morgan fingerprint density at radius 2 is 2.00 bits per heavy atom. The van der Waals surface area contributed by atoms with Gasteiger partial charge in [-0.1, -0.05) is 48.0 Å². The van der Waals surface area contributed by atoms with Gasteiger partial charge in [-0.05, 0) is 81.5 Å². The maximum atomic E-state index is 13.5. The maximum Gasteiger partial charge on any atom is 0.266 e. The van der Waals surface area contributed by atoms with Gasteiger partial charge in [0.15, 0.2) is 5.16 Å².